The molecule has 32 heavy (non-hydrogen) atoms. The van der Waals surface area contributed by atoms with Crippen LogP contribution in [0.4, 0.5) is 0 Å². The molecule has 0 radical (unpaired) electrons. The van der Waals surface area contributed by atoms with E-state index < -0.39 is 5.56 Å². The third kappa shape index (κ3) is 4.39. The maximum absolute atomic E-state index is 12.7. The number of aromatic nitrogens is 2. The second-order valence-electron chi connectivity index (χ2n) is 7.71. The van der Waals surface area contributed by atoms with Gasteiger partial charge in [0.15, 0.2) is 0 Å². The number of hydrogen-bond acceptors (Lipinski definition) is 5. The minimum Gasteiger partial charge on any atom is -0.448 e. The summed E-state index contributed by atoms with van der Waals surface area (Å²) >= 11 is 0. The molecule has 1 atom stereocenters. The summed E-state index contributed by atoms with van der Waals surface area (Å²) in [5.74, 6) is -0.497. The Hall–Kier alpha value is -3.94. The van der Waals surface area contributed by atoms with E-state index in [1.165, 1.54) is 10.9 Å². The summed E-state index contributed by atoms with van der Waals surface area (Å²) in [7, 11) is 0. The minimum atomic E-state index is -0.412. The normalized spacial score (nSPS) is 12.1. The van der Waals surface area contributed by atoms with Gasteiger partial charge in [0.05, 0.1) is 6.33 Å². The number of hydrogen-bond donors (Lipinski definition) is 2. The lowest BCUT2D eigenvalue weighted by Gasteiger charge is -2.12. The van der Waals surface area contributed by atoms with Gasteiger partial charge >= 0.3 is 0 Å². The average molecular weight is 432 g/mol. The zero-order valence-electron chi connectivity index (χ0n) is 17.9. The lowest BCUT2D eigenvalue weighted by Crippen LogP contribution is -2.33. The Balaban J connectivity index is 1.43. The topological polar surface area (TPSA) is 106 Å². The molecular formula is C24H24N4O4. The quantitative estimate of drug-likeness (QED) is 0.467. The summed E-state index contributed by atoms with van der Waals surface area (Å²) in [6.07, 6.45) is 2.20. The number of para-hydroxylation sites is 1. The third-order valence-corrected chi connectivity index (χ3v) is 5.33. The molecule has 2 amide bonds. The van der Waals surface area contributed by atoms with Gasteiger partial charge in [-0.2, -0.15) is 0 Å². The van der Waals surface area contributed by atoms with E-state index in [4.69, 9.17) is 4.42 Å². The van der Waals surface area contributed by atoms with E-state index >= 15 is 0 Å². The fourth-order valence-electron chi connectivity index (χ4n) is 3.37. The Bertz CT molecular complexity index is 1360. The number of benzene rings is 2. The van der Waals surface area contributed by atoms with Crippen LogP contribution >= 0.6 is 0 Å². The highest BCUT2D eigenvalue weighted by Gasteiger charge is 2.15. The first-order valence-corrected chi connectivity index (χ1v) is 10.5. The second kappa shape index (κ2) is 9.05. The Labute approximate surface area is 184 Å². The van der Waals surface area contributed by atoms with Crippen molar-refractivity contribution in [1.82, 2.24) is 20.2 Å². The summed E-state index contributed by atoms with van der Waals surface area (Å²) in [5, 5.41) is 6.46. The fourth-order valence-corrected chi connectivity index (χ4v) is 3.37. The highest BCUT2D eigenvalue weighted by atomic mass is 16.3. The lowest BCUT2D eigenvalue weighted by atomic mass is 10.1. The van der Waals surface area contributed by atoms with Gasteiger partial charge < -0.3 is 15.1 Å². The summed E-state index contributed by atoms with van der Waals surface area (Å²) in [6.45, 7) is 4.00. The molecule has 164 valence electrons. The number of fused-ring (bicyclic) bond motifs is 3. The van der Waals surface area contributed by atoms with Crippen molar-refractivity contribution in [2.24, 2.45) is 0 Å². The number of nitrogens with zero attached hydrogens (tertiary/aromatic N) is 2. The van der Waals surface area contributed by atoms with Crippen molar-refractivity contribution in [2.75, 3.05) is 0 Å². The number of furan rings is 1. The van der Waals surface area contributed by atoms with Gasteiger partial charge in [-0.1, -0.05) is 31.2 Å². The third-order valence-electron chi connectivity index (χ3n) is 5.33. The van der Waals surface area contributed by atoms with Crippen LogP contribution in [0.2, 0.25) is 0 Å². The van der Waals surface area contributed by atoms with E-state index in [1.807, 2.05) is 38.1 Å². The van der Waals surface area contributed by atoms with Gasteiger partial charge in [0.1, 0.15) is 17.6 Å². The van der Waals surface area contributed by atoms with Gasteiger partial charge in [0, 0.05) is 23.5 Å². The van der Waals surface area contributed by atoms with Gasteiger partial charge in [0.2, 0.25) is 11.5 Å². The van der Waals surface area contributed by atoms with E-state index in [0.29, 0.717) is 16.7 Å². The smallest absolute Gasteiger partial charge is 0.297 e. The summed E-state index contributed by atoms with van der Waals surface area (Å²) in [4.78, 5) is 41.8. The molecule has 0 bridgehead atoms. The first-order chi connectivity index (χ1) is 15.5. The molecule has 0 saturated carbocycles. The first kappa shape index (κ1) is 21.3. The van der Waals surface area contributed by atoms with E-state index in [9.17, 15) is 14.4 Å². The van der Waals surface area contributed by atoms with Crippen LogP contribution in [0.3, 0.4) is 0 Å². The molecular weight excluding hydrogens is 408 g/mol. The monoisotopic (exact) mass is 432 g/mol. The zero-order chi connectivity index (χ0) is 22.7. The molecule has 2 N–H and O–H groups in total. The van der Waals surface area contributed by atoms with Crippen LogP contribution in [0, 0.1) is 0 Å². The number of carbonyl (C=O) groups excluding carboxylic acids is 2. The van der Waals surface area contributed by atoms with E-state index in [2.05, 4.69) is 15.6 Å². The molecule has 0 aliphatic rings. The molecule has 0 fully saturated rings. The molecule has 0 spiro atoms. The predicted molar refractivity (Wildman–Crippen MR) is 121 cm³/mol. The predicted octanol–water partition coefficient (Wildman–Crippen LogP) is 2.99. The van der Waals surface area contributed by atoms with Crippen molar-refractivity contribution >= 4 is 33.9 Å². The molecule has 8 heteroatoms. The van der Waals surface area contributed by atoms with Gasteiger partial charge in [-0.05, 0) is 43.2 Å². The molecule has 0 aliphatic heterocycles. The van der Waals surface area contributed by atoms with Crippen LogP contribution in [0.25, 0.3) is 22.1 Å². The number of amides is 2. The molecule has 0 aliphatic carbocycles. The molecule has 4 rings (SSSR count). The largest absolute Gasteiger partial charge is 0.448 e. The van der Waals surface area contributed by atoms with E-state index in [0.717, 1.165) is 17.4 Å². The molecule has 2 aromatic heterocycles. The van der Waals surface area contributed by atoms with Crippen LogP contribution in [0.5, 0.6) is 0 Å². The lowest BCUT2D eigenvalue weighted by molar-refractivity contribution is -0.121. The second-order valence-corrected chi connectivity index (χ2v) is 7.71. The van der Waals surface area contributed by atoms with Crippen LogP contribution in [0.1, 0.15) is 36.2 Å². The maximum Gasteiger partial charge on any atom is 0.297 e. The van der Waals surface area contributed by atoms with Crippen molar-refractivity contribution in [2.45, 2.75) is 39.4 Å². The molecule has 8 nitrogen and oxygen atoms in total. The summed E-state index contributed by atoms with van der Waals surface area (Å²) in [6, 6.07) is 14.4. The van der Waals surface area contributed by atoms with Gasteiger partial charge in [-0.15, -0.1) is 0 Å². The Morgan fingerprint density at radius 1 is 1.16 bits per heavy atom. The zero-order valence-corrected chi connectivity index (χ0v) is 17.9. The minimum absolute atomic E-state index is 0.0851. The number of nitrogens with one attached hydrogen (secondary N) is 2. The molecule has 4 aromatic rings. The van der Waals surface area contributed by atoms with E-state index in [-0.39, 0.29) is 36.5 Å². The van der Waals surface area contributed by atoms with Gasteiger partial charge in [0.25, 0.3) is 11.5 Å². The average Bonchev–Trinajstić information content (AvgIpc) is 3.19. The Morgan fingerprint density at radius 3 is 2.78 bits per heavy atom. The fraction of sp³-hybridized carbons (Fsp3) is 0.250. The van der Waals surface area contributed by atoms with Crippen molar-refractivity contribution in [3.05, 3.63) is 76.3 Å². The van der Waals surface area contributed by atoms with Crippen molar-refractivity contribution in [3.63, 3.8) is 0 Å². The van der Waals surface area contributed by atoms with Crippen molar-refractivity contribution in [3.8, 4) is 0 Å². The maximum atomic E-state index is 12.7. The van der Waals surface area contributed by atoms with E-state index in [1.54, 1.807) is 24.3 Å². The van der Waals surface area contributed by atoms with Gasteiger partial charge in [-0.3, -0.25) is 19.0 Å². The molecule has 2 aromatic carbocycles. The van der Waals surface area contributed by atoms with Crippen LogP contribution in [-0.4, -0.2) is 27.4 Å². The molecule has 0 saturated heterocycles. The number of carbonyl (C=O) groups is 2. The standard InChI is InChI=1S/C24H24N4O4/c1-3-15(2)27-23(30)17-8-6-7-16(11-17)12-25-20(29)13-28-14-26-21-18-9-4-5-10-19(18)32-22(21)24(28)31/h4-11,14-15H,3,12-13H2,1-2H3,(H,25,29)(H,27,30). The summed E-state index contributed by atoms with van der Waals surface area (Å²) < 4.78 is 6.86. The summed E-state index contributed by atoms with van der Waals surface area (Å²) in [5.41, 5.74) is 2.09. The Morgan fingerprint density at radius 2 is 1.97 bits per heavy atom. The van der Waals surface area contributed by atoms with Crippen molar-refractivity contribution in [1.29, 1.82) is 0 Å². The van der Waals surface area contributed by atoms with Crippen molar-refractivity contribution < 1.29 is 14.0 Å². The first-order valence-electron chi connectivity index (χ1n) is 10.5. The number of rotatable bonds is 7. The van der Waals surface area contributed by atoms with Crippen LogP contribution in [-0.2, 0) is 17.9 Å². The van der Waals surface area contributed by atoms with Gasteiger partial charge in [-0.25, -0.2) is 4.98 Å². The van der Waals surface area contributed by atoms with Crippen LogP contribution in [0.15, 0.2) is 64.1 Å². The molecule has 2 heterocycles. The highest BCUT2D eigenvalue weighted by Crippen LogP contribution is 2.23. The molecule has 1 unspecified atom stereocenters. The Kier molecular flexibility index (Phi) is 6.02. The highest BCUT2D eigenvalue weighted by molar-refractivity contribution is 6.01. The van der Waals surface area contributed by atoms with Crippen LogP contribution < -0.4 is 16.2 Å². The SMILES string of the molecule is CCC(C)NC(=O)c1cccc(CNC(=O)Cn2cnc3c(oc4ccccc43)c2=O)c1.